The van der Waals surface area contributed by atoms with E-state index in [0.29, 0.717) is 19.4 Å². The summed E-state index contributed by atoms with van der Waals surface area (Å²) in [5, 5.41) is 45.1. The van der Waals surface area contributed by atoms with Crippen LogP contribution in [0.4, 0.5) is 0 Å². The van der Waals surface area contributed by atoms with E-state index in [2.05, 4.69) is 16.0 Å². The molecule has 0 radical (unpaired) electrons. The first-order valence-corrected chi connectivity index (χ1v) is 18.2. The maximum atomic E-state index is 12.6. The number of carbonyl (C=O) groups is 10. The molecular formula is C36H57N3O14. The van der Waals surface area contributed by atoms with Crippen LogP contribution in [-0.2, 0) is 47.9 Å². The third-order valence-electron chi connectivity index (χ3n) is 8.94. The highest BCUT2D eigenvalue weighted by Crippen LogP contribution is 2.18. The van der Waals surface area contributed by atoms with E-state index in [1.165, 1.54) is 0 Å². The van der Waals surface area contributed by atoms with Gasteiger partial charge in [0, 0.05) is 63.3 Å². The Kier molecular flexibility index (Phi) is 23.8. The molecule has 0 aromatic carbocycles. The molecule has 53 heavy (non-hydrogen) atoms. The molecule has 5 atom stereocenters. The van der Waals surface area contributed by atoms with Crippen molar-refractivity contribution in [1.29, 1.82) is 0 Å². The molecule has 0 fully saturated rings. The predicted octanol–water partition coefficient (Wildman–Crippen LogP) is 2.51. The molecule has 0 aliphatic carbocycles. The van der Waals surface area contributed by atoms with Crippen LogP contribution in [0.2, 0.25) is 0 Å². The number of carbonyl (C=O) groups excluding carboxylic acids is 6. The van der Waals surface area contributed by atoms with Gasteiger partial charge < -0.3 is 36.4 Å². The number of nitrogens with one attached hydrogen (secondary N) is 3. The molecule has 17 nitrogen and oxygen atoms in total. The minimum absolute atomic E-state index is 0.00534. The molecule has 0 aromatic heterocycles. The van der Waals surface area contributed by atoms with E-state index in [1.54, 1.807) is 13.8 Å². The second-order valence-corrected chi connectivity index (χ2v) is 13.5. The fourth-order valence-electron chi connectivity index (χ4n) is 5.43. The number of ketones is 3. The number of carboxylic acids is 4. The number of unbranched alkanes of at least 4 members (excludes halogenated alkanes) is 1. The van der Waals surface area contributed by atoms with Gasteiger partial charge in [0.1, 0.15) is 29.4 Å². The van der Waals surface area contributed by atoms with Crippen molar-refractivity contribution in [3.8, 4) is 0 Å². The highest BCUT2D eigenvalue weighted by atomic mass is 16.4. The van der Waals surface area contributed by atoms with Crippen LogP contribution in [0.15, 0.2) is 0 Å². The molecule has 17 heteroatoms. The topological polar surface area (TPSA) is 288 Å². The van der Waals surface area contributed by atoms with Gasteiger partial charge in [-0.05, 0) is 44.9 Å². The first kappa shape index (κ1) is 48.3. The average Bonchev–Trinajstić information content (AvgIpc) is 3.08. The monoisotopic (exact) mass is 755 g/mol. The van der Waals surface area contributed by atoms with Gasteiger partial charge in [0.2, 0.25) is 17.7 Å². The van der Waals surface area contributed by atoms with Gasteiger partial charge in [-0.1, -0.05) is 34.1 Å². The van der Waals surface area contributed by atoms with Crippen LogP contribution in [-0.4, -0.2) is 98.0 Å². The van der Waals surface area contributed by atoms with Crippen molar-refractivity contribution >= 4 is 58.9 Å². The van der Waals surface area contributed by atoms with Crippen molar-refractivity contribution in [2.24, 2.45) is 23.7 Å². The molecule has 7 N–H and O–H groups in total. The lowest BCUT2D eigenvalue weighted by molar-refractivity contribution is -0.145. The molecule has 0 aromatic rings. The van der Waals surface area contributed by atoms with Gasteiger partial charge >= 0.3 is 23.9 Å². The normalized spacial score (nSPS) is 13.8. The molecule has 300 valence electrons. The lowest BCUT2D eigenvalue weighted by Crippen LogP contribution is -2.42. The Labute approximate surface area is 309 Å². The SMILES string of the molecule is CCC(=O)[C@@H](CC)CCCCNC(=O)CC[C@H](NC(=O)CC[C@H](CC(=O)CC[C@H](NC(=O)CC[C@H](CC(=O)C(C)C)C(=O)O)C(=O)O)C(=O)O)C(=O)O. The van der Waals surface area contributed by atoms with Crippen LogP contribution in [0.3, 0.4) is 0 Å². The zero-order valence-corrected chi connectivity index (χ0v) is 31.1. The highest BCUT2D eigenvalue weighted by molar-refractivity contribution is 5.88. The summed E-state index contributed by atoms with van der Waals surface area (Å²) < 4.78 is 0. The van der Waals surface area contributed by atoms with E-state index in [-0.39, 0.29) is 56.0 Å². The van der Waals surface area contributed by atoms with Gasteiger partial charge in [0.05, 0.1) is 11.8 Å². The highest BCUT2D eigenvalue weighted by Gasteiger charge is 2.28. The van der Waals surface area contributed by atoms with Crippen molar-refractivity contribution in [3.63, 3.8) is 0 Å². The predicted molar refractivity (Wildman–Crippen MR) is 188 cm³/mol. The fraction of sp³-hybridized carbons (Fsp3) is 0.722. The van der Waals surface area contributed by atoms with E-state index in [0.717, 1.165) is 19.3 Å². The van der Waals surface area contributed by atoms with E-state index in [9.17, 15) is 68.4 Å². The van der Waals surface area contributed by atoms with Gasteiger partial charge in [-0.25, -0.2) is 9.59 Å². The summed E-state index contributed by atoms with van der Waals surface area (Å²) in [6, 6.07) is -2.96. The number of aliphatic carboxylic acids is 4. The maximum absolute atomic E-state index is 12.6. The van der Waals surface area contributed by atoms with Gasteiger partial charge in [-0.15, -0.1) is 0 Å². The van der Waals surface area contributed by atoms with Crippen LogP contribution in [0.5, 0.6) is 0 Å². The molecule has 0 saturated carbocycles. The molecule has 0 aliphatic rings. The van der Waals surface area contributed by atoms with Gasteiger partial charge in [0.25, 0.3) is 0 Å². The standard InChI is InChI=1S/C36H57N3O14/c1-5-22(28(41)6-2)9-7-8-18-37-30(43)17-14-27(36(52)53)39-31(44)15-10-23(33(46)47)19-25(40)12-13-26(35(50)51)38-32(45)16-11-24(34(48)49)20-29(42)21(3)4/h21-24,26-27H,5-20H2,1-4H3,(H,37,43)(H,38,45)(H,39,44)(H,46,47)(H,48,49)(H,50,51)(H,52,53)/t22-,23+,24+,26-,27-/m0/s1. The molecular weight excluding hydrogens is 698 g/mol. The van der Waals surface area contributed by atoms with Crippen molar-refractivity contribution < 1.29 is 68.4 Å². The van der Waals surface area contributed by atoms with Crippen LogP contribution < -0.4 is 16.0 Å². The number of amides is 3. The Bertz CT molecular complexity index is 1300. The van der Waals surface area contributed by atoms with E-state index >= 15 is 0 Å². The van der Waals surface area contributed by atoms with Gasteiger partial charge in [-0.3, -0.25) is 38.4 Å². The summed E-state index contributed by atoms with van der Waals surface area (Å²) in [5.41, 5.74) is 0. The Morgan fingerprint density at radius 1 is 0.509 bits per heavy atom. The van der Waals surface area contributed by atoms with E-state index in [4.69, 9.17) is 0 Å². The number of hydrogen-bond donors (Lipinski definition) is 7. The van der Waals surface area contributed by atoms with Crippen molar-refractivity contribution in [1.82, 2.24) is 16.0 Å². The first-order valence-electron chi connectivity index (χ1n) is 18.2. The lowest BCUT2D eigenvalue weighted by Gasteiger charge is -2.17. The number of Topliss-reactive ketones (excluding diaryl/α,β-unsaturated/α-hetero) is 3. The van der Waals surface area contributed by atoms with Crippen LogP contribution >= 0.6 is 0 Å². The van der Waals surface area contributed by atoms with Gasteiger partial charge in [-0.2, -0.15) is 0 Å². The molecule has 3 amide bonds. The molecule has 0 spiro atoms. The molecule has 0 unspecified atom stereocenters. The second kappa shape index (κ2) is 26.1. The maximum Gasteiger partial charge on any atom is 0.326 e. The number of carboxylic acid groups (broad SMARTS) is 4. The van der Waals surface area contributed by atoms with E-state index in [1.807, 2.05) is 13.8 Å². The molecule has 0 aliphatic heterocycles. The summed E-state index contributed by atoms with van der Waals surface area (Å²) in [6.07, 6.45) is -0.171. The van der Waals surface area contributed by atoms with Crippen LogP contribution in [0.25, 0.3) is 0 Å². The quantitative estimate of drug-likeness (QED) is 0.0501. The van der Waals surface area contributed by atoms with Gasteiger partial charge in [0.15, 0.2) is 0 Å². The average molecular weight is 756 g/mol. The Morgan fingerprint density at radius 3 is 1.42 bits per heavy atom. The van der Waals surface area contributed by atoms with Crippen LogP contribution in [0, 0.1) is 23.7 Å². The smallest absolute Gasteiger partial charge is 0.326 e. The fourth-order valence-corrected chi connectivity index (χ4v) is 5.43. The zero-order chi connectivity index (χ0) is 40.7. The third kappa shape index (κ3) is 21.4. The summed E-state index contributed by atoms with van der Waals surface area (Å²) in [7, 11) is 0. The molecule has 0 saturated heterocycles. The Balaban J connectivity index is 4.83. The van der Waals surface area contributed by atoms with Crippen molar-refractivity contribution in [2.75, 3.05) is 6.54 Å². The molecule has 0 heterocycles. The summed E-state index contributed by atoms with van der Waals surface area (Å²) >= 11 is 0. The minimum Gasteiger partial charge on any atom is -0.481 e. The number of hydrogen-bond acceptors (Lipinski definition) is 10. The lowest BCUT2D eigenvalue weighted by atomic mass is 9.92. The third-order valence-corrected chi connectivity index (χ3v) is 8.94. The largest absolute Gasteiger partial charge is 0.481 e. The summed E-state index contributed by atoms with van der Waals surface area (Å²) in [6.45, 7) is 7.33. The second-order valence-electron chi connectivity index (χ2n) is 13.5. The molecule has 0 rings (SSSR count). The van der Waals surface area contributed by atoms with Crippen LogP contribution in [0.1, 0.15) is 124 Å². The molecule has 0 bridgehead atoms. The first-order chi connectivity index (χ1) is 24.8. The van der Waals surface area contributed by atoms with Crippen molar-refractivity contribution in [3.05, 3.63) is 0 Å². The number of rotatable bonds is 31. The zero-order valence-electron chi connectivity index (χ0n) is 31.1. The summed E-state index contributed by atoms with van der Waals surface area (Å²) in [4.78, 5) is 120. The van der Waals surface area contributed by atoms with Crippen molar-refractivity contribution in [2.45, 2.75) is 136 Å². The van der Waals surface area contributed by atoms with E-state index < -0.39 is 103 Å². The Hall–Kier alpha value is -4.70. The minimum atomic E-state index is -1.54. The summed E-state index contributed by atoms with van der Waals surface area (Å²) in [5.74, 6) is -11.2. The Morgan fingerprint density at radius 2 is 0.981 bits per heavy atom.